The molecule has 0 spiro atoms. The van der Waals surface area contributed by atoms with Crippen LogP contribution in [0.5, 0.6) is 0 Å². The molecule has 1 aliphatic carbocycles. The summed E-state index contributed by atoms with van der Waals surface area (Å²) in [7, 11) is -2.88. The van der Waals surface area contributed by atoms with Crippen LogP contribution in [0.1, 0.15) is 26.2 Å². The van der Waals surface area contributed by atoms with Crippen molar-refractivity contribution in [3.63, 3.8) is 0 Å². The molecule has 2 fully saturated rings. The van der Waals surface area contributed by atoms with Crippen molar-refractivity contribution < 1.29 is 13.2 Å². The van der Waals surface area contributed by atoms with Crippen molar-refractivity contribution in [2.45, 2.75) is 32.2 Å². The average Bonchev–Trinajstić information content (AvgIpc) is 2.93. The maximum absolute atomic E-state index is 11.9. The third-order valence-corrected chi connectivity index (χ3v) is 4.95. The number of sulfone groups is 1. The fourth-order valence-electron chi connectivity index (χ4n) is 2.18. The van der Waals surface area contributed by atoms with E-state index in [1.54, 1.807) is 4.90 Å². The lowest BCUT2D eigenvalue weighted by Crippen LogP contribution is -2.41. The van der Waals surface area contributed by atoms with Crippen LogP contribution in [0, 0.1) is 5.92 Å². The molecule has 0 aromatic rings. The van der Waals surface area contributed by atoms with Crippen molar-refractivity contribution in [2.24, 2.45) is 5.92 Å². The maximum Gasteiger partial charge on any atom is 0.225 e. The van der Waals surface area contributed by atoms with Crippen LogP contribution in [0.25, 0.3) is 0 Å². The van der Waals surface area contributed by atoms with E-state index in [9.17, 15) is 13.2 Å². The lowest BCUT2D eigenvalue weighted by atomic mass is 10.2. The van der Waals surface area contributed by atoms with Gasteiger partial charge in [0.05, 0.1) is 11.5 Å². The summed E-state index contributed by atoms with van der Waals surface area (Å²) in [5.74, 6) is 0.763. The van der Waals surface area contributed by atoms with Crippen LogP contribution in [0.3, 0.4) is 0 Å². The molecule has 1 saturated heterocycles. The Kier molecular flexibility index (Phi) is 2.75. The Morgan fingerprint density at radius 3 is 2.40 bits per heavy atom. The highest BCUT2D eigenvalue weighted by molar-refractivity contribution is 7.91. The zero-order valence-corrected chi connectivity index (χ0v) is 9.79. The molecule has 0 aromatic carbocycles. The number of carbonyl (C=O) groups excluding carboxylic acids is 1. The lowest BCUT2D eigenvalue weighted by molar-refractivity contribution is -0.134. The Morgan fingerprint density at radius 2 is 2.00 bits per heavy atom. The van der Waals surface area contributed by atoms with Crippen LogP contribution >= 0.6 is 0 Å². The first-order chi connectivity index (χ1) is 7.03. The molecule has 2 rings (SSSR count). The number of hydrogen-bond donors (Lipinski definition) is 0. The van der Waals surface area contributed by atoms with Crippen LogP contribution in [0.2, 0.25) is 0 Å². The summed E-state index contributed by atoms with van der Waals surface area (Å²) in [6.45, 7) is 2.56. The van der Waals surface area contributed by atoms with E-state index >= 15 is 0 Å². The average molecular weight is 231 g/mol. The molecular weight excluding hydrogens is 214 g/mol. The van der Waals surface area contributed by atoms with Gasteiger partial charge in [-0.05, 0) is 26.2 Å². The van der Waals surface area contributed by atoms with E-state index in [1.807, 2.05) is 6.92 Å². The highest BCUT2D eigenvalue weighted by Gasteiger charge is 2.39. The molecule has 0 unspecified atom stereocenters. The molecule has 1 heterocycles. The first kappa shape index (κ1) is 10.9. The number of amides is 1. The summed E-state index contributed by atoms with van der Waals surface area (Å²) in [6.07, 6.45) is 2.58. The fourth-order valence-corrected chi connectivity index (χ4v) is 3.91. The third kappa shape index (κ3) is 2.33. The molecule has 0 N–H and O–H groups in total. The predicted molar refractivity (Wildman–Crippen MR) is 57.2 cm³/mol. The molecule has 0 bridgehead atoms. The zero-order chi connectivity index (χ0) is 11.1. The Hall–Kier alpha value is -0.580. The van der Waals surface area contributed by atoms with Crippen LogP contribution in [-0.2, 0) is 14.6 Å². The van der Waals surface area contributed by atoms with Crippen LogP contribution in [0.15, 0.2) is 0 Å². The van der Waals surface area contributed by atoms with E-state index in [1.165, 1.54) is 0 Å². The second-order valence-corrected chi connectivity index (χ2v) is 6.68. The summed E-state index contributed by atoms with van der Waals surface area (Å²) >= 11 is 0. The van der Waals surface area contributed by atoms with Crippen molar-refractivity contribution in [3.05, 3.63) is 0 Å². The van der Waals surface area contributed by atoms with Gasteiger partial charge in [-0.3, -0.25) is 4.79 Å². The minimum absolute atomic E-state index is 0.0619. The summed E-state index contributed by atoms with van der Waals surface area (Å²) in [6, 6.07) is -0.0619. The smallest absolute Gasteiger partial charge is 0.225 e. The Labute approximate surface area is 90.6 Å². The second kappa shape index (κ2) is 3.77. The Balaban J connectivity index is 2.04. The van der Waals surface area contributed by atoms with Gasteiger partial charge in [-0.15, -0.1) is 0 Å². The standard InChI is InChI=1S/C10H17NO3S/c1-2-11(10(12)8-3-4-8)9-5-6-15(13,14)7-9/h8-9H,2-7H2,1H3/t9-/m1/s1. The molecule has 86 valence electrons. The largest absolute Gasteiger partial charge is 0.339 e. The Bertz CT molecular complexity index is 359. The van der Waals surface area contributed by atoms with Crippen molar-refractivity contribution in [1.82, 2.24) is 4.90 Å². The van der Waals surface area contributed by atoms with Gasteiger partial charge in [0.25, 0.3) is 0 Å². The molecule has 0 aromatic heterocycles. The monoisotopic (exact) mass is 231 g/mol. The molecular formula is C10H17NO3S. The first-order valence-corrected chi connectivity index (χ1v) is 7.36. The van der Waals surface area contributed by atoms with Crippen LogP contribution in [0.4, 0.5) is 0 Å². The number of rotatable bonds is 3. The van der Waals surface area contributed by atoms with Gasteiger partial charge in [-0.2, -0.15) is 0 Å². The van der Waals surface area contributed by atoms with E-state index in [0.717, 1.165) is 12.8 Å². The van der Waals surface area contributed by atoms with E-state index < -0.39 is 9.84 Å². The second-order valence-electron chi connectivity index (χ2n) is 4.46. The molecule has 1 amide bonds. The summed E-state index contributed by atoms with van der Waals surface area (Å²) in [5.41, 5.74) is 0. The topological polar surface area (TPSA) is 54.5 Å². The van der Waals surface area contributed by atoms with Crippen LogP contribution in [-0.4, -0.2) is 43.3 Å². The van der Waals surface area contributed by atoms with Gasteiger partial charge in [0.1, 0.15) is 0 Å². The minimum atomic E-state index is -2.88. The van der Waals surface area contributed by atoms with Gasteiger partial charge in [-0.25, -0.2) is 8.42 Å². The predicted octanol–water partition coefficient (Wildman–Crippen LogP) is 0.432. The summed E-state index contributed by atoms with van der Waals surface area (Å²) < 4.78 is 22.7. The highest BCUT2D eigenvalue weighted by Crippen LogP contribution is 2.32. The van der Waals surface area contributed by atoms with Gasteiger partial charge < -0.3 is 4.90 Å². The summed E-state index contributed by atoms with van der Waals surface area (Å²) in [5, 5.41) is 0. The number of carbonyl (C=O) groups is 1. The SMILES string of the molecule is CCN(C(=O)C1CC1)[C@@H]1CCS(=O)(=O)C1. The van der Waals surface area contributed by atoms with E-state index in [-0.39, 0.29) is 29.4 Å². The van der Waals surface area contributed by atoms with Crippen molar-refractivity contribution >= 4 is 15.7 Å². The molecule has 5 heteroatoms. The van der Waals surface area contributed by atoms with Gasteiger partial charge >= 0.3 is 0 Å². The first-order valence-electron chi connectivity index (χ1n) is 5.54. The van der Waals surface area contributed by atoms with E-state index in [4.69, 9.17) is 0 Å². The van der Waals surface area contributed by atoms with Gasteiger partial charge in [0, 0.05) is 18.5 Å². The quantitative estimate of drug-likeness (QED) is 0.708. The normalized spacial score (nSPS) is 29.0. The molecule has 1 saturated carbocycles. The van der Waals surface area contributed by atoms with Gasteiger partial charge in [-0.1, -0.05) is 0 Å². The van der Waals surface area contributed by atoms with E-state index in [0.29, 0.717) is 13.0 Å². The number of nitrogens with zero attached hydrogens (tertiary/aromatic N) is 1. The fraction of sp³-hybridized carbons (Fsp3) is 0.900. The van der Waals surface area contributed by atoms with E-state index in [2.05, 4.69) is 0 Å². The van der Waals surface area contributed by atoms with Crippen molar-refractivity contribution in [1.29, 1.82) is 0 Å². The molecule has 15 heavy (non-hydrogen) atoms. The zero-order valence-electron chi connectivity index (χ0n) is 8.98. The lowest BCUT2D eigenvalue weighted by Gasteiger charge is -2.26. The molecule has 1 aliphatic heterocycles. The minimum Gasteiger partial charge on any atom is -0.339 e. The van der Waals surface area contributed by atoms with Gasteiger partial charge in [0.2, 0.25) is 5.91 Å². The summed E-state index contributed by atoms with van der Waals surface area (Å²) in [4.78, 5) is 13.6. The van der Waals surface area contributed by atoms with Crippen molar-refractivity contribution in [2.75, 3.05) is 18.1 Å². The maximum atomic E-state index is 11.9. The van der Waals surface area contributed by atoms with Crippen molar-refractivity contribution in [3.8, 4) is 0 Å². The third-order valence-electron chi connectivity index (χ3n) is 3.20. The number of hydrogen-bond acceptors (Lipinski definition) is 3. The molecule has 4 nitrogen and oxygen atoms in total. The van der Waals surface area contributed by atoms with Crippen LogP contribution < -0.4 is 0 Å². The Morgan fingerprint density at radius 1 is 1.33 bits per heavy atom. The molecule has 1 atom stereocenters. The van der Waals surface area contributed by atoms with Gasteiger partial charge in [0.15, 0.2) is 9.84 Å². The highest BCUT2D eigenvalue weighted by atomic mass is 32.2. The molecule has 0 radical (unpaired) electrons. The molecule has 2 aliphatic rings.